The molecule has 0 fully saturated rings. The third kappa shape index (κ3) is 3.19. The van der Waals surface area contributed by atoms with Crippen molar-refractivity contribution >= 4 is 12.6 Å². The van der Waals surface area contributed by atoms with Crippen molar-refractivity contribution in [2.45, 2.75) is 24.4 Å². The van der Waals surface area contributed by atoms with Crippen LogP contribution in [0, 0.1) is 0 Å². The molecule has 0 rings (SSSR count). The van der Waals surface area contributed by atoms with Crippen molar-refractivity contribution in [1.82, 2.24) is 0 Å². The number of aldehydes is 1. The van der Waals surface area contributed by atoms with E-state index in [1.54, 1.807) is 0 Å². The van der Waals surface area contributed by atoms with E-state index >= 15 is 0 Å². The molecule has 75 valence electrons. The number of rotatable bonds is 6. The van der Waals surface area contributed by atoms with E-state index in [4.69, 9.17) is 15.3 Å². The molecular weight excluding hydrogens is 180 g/mol. The number of hydrogen-bond donors (Lipinski definition) is 3. The molecule has 6 nitrogen and oxygen atoms in total. The summed E-state index contributed by atoms with van der Waals surface area (Å²) in [6.07, 6.45) is -5.17. The number of hydrogen-bond acceptors (Lipinski definition) is 6. The predicted molar refractivity (Wildman–Crippen MR) is 40.6 cm³/mol. The fraction of sp³-hybridized carbons (Fsp3) is 0.714. The molecular formula is C7H11O6. The van der Waals surface area contributed by atoms with Crippen LogP contribution in [-0.2, 0) is 14.3 Å². The smallest absolute Gasteiger partial charge is 0.232 e. The van der Waals surface area contributed by atoms with Crippen LogP contribution in [-0.4, -0.2) is 59.4 Å². The molecule has 0 unspecified atom stereocenters. The molecule has 0 aliphatic rings. The average Bonchev–Trinajstić information content (AvgIpc) is 2.17. The van der Waals surface area contributed by atoms with Crippen LogP contribution in [0.2, 0.25) is 0 Å². The Morgan fingerprint density at radius 3 is 2.23 bits per heavy atom. The number of methoxy groups -OCH3 is 1. The van der Waals surface area contributed by atoms with Gasteiger partial charge in [0.1, 0.15) is 24.4 Å². The molecule has 6 heteroatoms. The maximum absolute atomic E-state index is 10.0. The minimum Gasteiger partial charge on any atom is -0.387 e. The highest BCUT2D eigenvalue weighted by Gasteiger charge is 2.32. The molecule has 0 aromatic carbocycles. The summed E-state index contributed by atoms with van der Waals surface area (Å²) in [4.78, 5) is 20.0. The zero-order valence-electron chi connectivity index (χ0n) is 6.95. The minimum atomic E-state index is -1.70. The lowest BCUT2D eigenvalue weighted by Gasteiger charge is -2.23. The van der Waals surface area contributed by atoms with Gasteiger partial charge in [-0.2, -0.15) is 0 Å². The highest BCUT2D eigenvalue weighted by atomic mass is 16.5. The van der Waals surface area contributed by atoms with Gasteiger partial charge in [0, 0.05) is 7.11 Å². The van der Waals surface area contributed by atoms with Crippen molar-refractivity contribution in [3.05, 3.63) is 0 Å². The van der Waals surface area contributed by atoms with Gasteiger partial charge in [0.05, 0.1) is 0 Å². The first-order valence-corrected chi connectivity index (χ1v) is 3.48. The van der Waals surface area contributed by atoms with Crippen LogP contribution in [0.1, 0.15) is 0 Å². The van der Waals surface area contributed by atoms with E-state index in [0.717, 1.165) is 7.11 Å². The largest absolute Gasteiger partial charge is 0.387 e. The molecule has 0 bridgehead atoms. The molecule has 3 N–H and O–H groups in total. The molecule has 0 saturated carbocycles. The van der Waals surface area contributed by atoms with E-state index in [-0.39, 0.29) is 6.29 Å². The lowest BCUT2D eigenvalue weighted by atomic mass is 10.0. The van der Waals surface area contributed by atoms with Gasteiger partial charge in [-0.05, 0) is 0 Å². The fourth-order valence-electron chi connectivity index (χ4n) is 0.797. The van der Waals surface area contributed by atoms with E-state index < -0.39 is 24.4 Å². The SMILES string of the molecule is CO[C@@H]([C@H](O)[C@@H](O)C=O)[C@H](O)[C]=O. The normalized spacial score (nSPS) is 20.0. The second-order valence-electron chi connectivity index (χ2n) is 2.38. The first-order chi connectivity index (χ1) is 6.08. The van der Waals surface area contributed by atoms with E-state index in [1.807, 2.05) is 0 Å². The summed E-state index contributed by atoms with van der Waals surface area (Å²) in [6.45, 7) is 0. The summed E-state index contributed by atoms with van der Waals surface area (Å²) in [5, 5.41) is 26.9. The molecule has 0 heterocycles. The van der Waals surface area contributed by atoms with Crippen LogP contribution in [0.5, 0.6) is 0 Å². The van der Waals surface area contributed by atoms with Crippen molar-refractivity contribution < 1.29 is 29.6 Å². The van der Waals surface area contributed by atoms with Gasteiger partial charge in [-0.3, -0.25) is 4.79 Å². The molecule has 0 aromatic heterocycles. The Bertz CT molecular complexity index is 170. The van der Waals surface area contributed by atoms with Gasteiger partial charge in [-0.15, -0.1) is 0 Å². The van der Waals surface area contributed by atoms with Gasteiger partial charge in [0.15, 0.2) is 6.29 Å². The van der Waals surface area contributed by atoms with Gasteiger partial charge < -0.3 is 24.9 Å². The summed E-state index contributed by atoms with van der Waals surface area (Å²) >= 11 is 0. The molecule has 4 atom stereocenters. The third-order valence-electron chi connectivity index (χ3n) is 1.53. The summed E-state index contributed by atoms with van der Waals surface area (Å²) < 4.78 is 4.51. The maximum atomic E-state index is 10.0. The Labute approximate surface area is 74.7 Å². The van der Waals surface area contributed by atoms with E-state index in [0.29, 0.717) is 0 Å². The van der Waals surface area contributed by atoms with Crippen LogP contribution in [0.4, 0.5) is 0 Å². The Morgan fingerprint density at radius 1 is 1.38 bits per heavy atom. The van der Waals surface area contributed by atoms with Crippen molar-refractivity contribution in [3.8, 4) is 0 Å². The average molecular weight is 191 g/mol. The number of aliphatic hydroxyl groups excluding tert-OH is 3. The van der Waals surface area contributed by atoms with E-state index in [1.165, 1.54) is 6.29 Å². The quantitative estimate of drug-likeness (QED) is 0.397. The summed E-state index contributed by atoms with van der Waals surface area (Å²) in [5.41, 5.74) is 0. The van der Waals surface area contributed by atoms with Gasteiger partial charge in [-0.25, -0.2) is 0 Å². The Kier molecular flexibility index (Phi) is 5.40. The monoisotopic (exact) mass is 191 g/mol. The zero-order chi connectivity index (χ0) is 10.4. The molecule has 0 amide bonds. The summed E-state index contributed by atoms with van der Waals surface area (Å²) in [7, 11) is 1.12. The highest BCUT2D eigenvalue weighted by Crippen LogP contribution is 2.06. The van der Waals surface area contributed by atoms with Gasteiger partial charge >= 0.3 is 0 Å². The number of carbonyl (C=O) groups is 1. The van der Waals surface area contributed by atoms with E-state index in [9.17, 15) is 9.59 Å². The lowest BCUT2D eigenvalue weighted by molar-refractivity contribution is -0.133. The number of ether oxygens (including phenoxy) is 1. The second kappa shape index (κ2) is 5.76. The Hall–Kier alpha value is -0.820. The van der Waals surface area contributed by atoms with Crippen molar-refractivity contribution in [2.24, 2.45) is 0 Å². The first-order valence-electron chi connectivity index (χ1n) is 3.48. The molecule has 0 spiro atoms. The minimum absolute atomic E-state index is 0.0776. The number of aliphatic hydroxyl groups is 3. The molecule has 0 aliphatic carbocycles. The van der Waals surface area contributed by atoms with Crippen LogP contribution in [0.25, 0.3) is 0 Å². The van der Waals surface area contributed by atoms with Crippen molar-refractivity contribution in [1.29, 1.82) is 0 Å². The fourth-order valence-corrected chi connectivity index (χ4v) is 0.797. The standard InChI is InChI=1S/C7H11O6/c1-13-7(5(11)3-9)6(12)4(10)2-8/h2,4-7,10-12H,1H3/t4-,5+,6+,7+/m0/s1. The van der Waals surface area contributed by atoms with Gasteiger partial charge in [-0.1, -0.05) is 0 Å². The summed E-state index contributed by atoms with van der Waals surface area (Å²) in [5.74, 6) is 0. The first kappa shape index (κ1) is 12.2. The number of carbonyl (C=O) groups excluding carboxylic acids is 2. The second-order valence-corrected chi connectivity index (χ2v) is 2.38. The van der Waals surface area contributed by atoms with E-state index in [2.05, 4.69) is 4.74 Å². The molecule has 0 saturated heterocycles. The van der Waals surface area contributed by atoms with Crippen molar-refractivity contribution in [2.75, 3.05) is 7.11 Å². The predicted octanol–water partition coefficient (Wildman–Crippen LogP) is -2.61. The molecule has 1 radical (unpaired) electrons. The van der Waals surface area contributed by atoms with Gasteiger partial charge in [0.2, 0.25) is 6.29 Å². The van der Waals surface area contributed by atoms with Crippen LogP contribution in [0.15, 0.2) is 0 Å². The third-order valence-corrected chi connectivity index (χ3v) is 1.53. The van der Waals surface area contributed by atoms with Crippen LogP contribution >= 0.6 is 0 Å². The van der Waals surface area contributed by atoms with Gasteiger partial charge in [0.25, 0.3) is 0 Å². The molecule has 0 aromatic rings. The summed E-state index contributed by atoms with van der Waals surface area (Å²) in [6, 6.07) is 0. The topological polar surface area (TPSA) is 104 Å². The Balaban J connectivity index is 4.37. The molecule has 13 heavy (non-hydrogen) atoms. The highest BCUT2D eigenvalue weighted by molar-refractivity contribution is 5.60. The van der Waals surface area contributed by atoms with Crippen LogP contribution < -0.4 is 0 Å². The zero-order valence-corrected chi connectivity index (χ0v) is 6.95. The van der Waals surface area contributed by atoms with Crippen LogP contribution in [0.3, 0.4) is 0 Å². The Morgan fingerprint density at radius 2 is 1.92 bits per heavy atom. The maximum Gasteiger partial charge on any atom is 0.232 e. The van der Waals surface area contributed by atoms with Crippen molar-refractivity contribution in [3.63, 3.8) is 0 Å². The lowest BCUT2D eigenvalue weighted by Crippen LogP contribution is -2.46. The molecule has 0 aliphatic heterocycles.